The first-order valence-corrected chi connectivity index (χ1v) is 39.5. The second-order valence-electron chi connectivity index (χ2n) is 29.9. The lowest BCUT2D eigenvalue weighted by Gasteiger charge is -2.22. The second-order valence-corrected chi connectivity index (χ2v) is 29.9. The molecule has 117 heavy (non-hydrogen) atoms. The first kappa shape index (κ1) is 70.6. The molecule has 18 aromatic carbocycles. The average Bonchev–Trinajstić information content (AvgIpc) is 1.59. The van der Waals surface area contributed by atoms with Crippen LogP contribution in [0, 0.1) is 0 Å². The highest BCUT2D eigenvalue weighted by Crippen LogP contribution is 2.52. The molecule has 0 bridgehead atoms. The van der Waals surface area contributed by atoms with Crippen molar-refractivity contribution in [2.75, 3.05) is 0 Å². The number of nitrogens with zero attached hydrogens (tertiary/aromatic N) is 9. The molecule has 21 aromatic rings. The van der Waals surface area contributed by atoms with Crippen LogP contribution in [0.2, 0.25) is 0 Å². The molecule has 3 heterocycles. The maximum atomic E-state index is 5.06. The summed E-state index contributed by atoms with van der Waals surface area (Å²) in [5.41, 5.74) is 18.5. The molecule has 1 aliphatic carbocycles. The van der Waals surface area contributed by atoms with Gasteiger partial charge in [-0.1, -0.05) is 384 Å². The summed E-state index contributed by atoms with van der Waals surface area (Å²) in [6.45, 7) is 4.63. The monoisotopic (exact) mass is 1500 g/mol. The Balaban J connectivity index is 0.000000114. The molecule has 0 saturated carbocycles. The maximum absolute atomic E-state index is 5.06. The fourth-order valence-electron chi connectivity index (χ4n) is 16.5. The van der Waals surface area contributed by atoms with Crippen LogP contribution in [0.1, 0.15) is 25.0 Å². The Morgan fingerprint density at radius 3 is 0.940 bits per heavy atom. The van der Waals surface area contributed by atoms with Crippen molar-refractivity contribution in [2.45, 2.75) is 19.3 Å². The van der Waals surface area contributed by atoms with E-state index in [1.807, 2.05) is 182 Å². The Morgan fingerprint density at radius 1 is 0.154 bits per heavy atom. The van der Waals surface area contributed by atoms with Gasteiger partial charge in [0.25, 0.3) is 0 Å². The van der Waals surface area contributed by atoms with Gasteiger partial charge in [-0.2, -0.15) is 0 Å². The molecule has 0 atom stereocenters. The minimum Gasteiger partial charge on any atom is -0.208 e. The molecule has 3 aromatic heterocycles. The van der Waals surface area contributed by atoms with E-state index >= 15 is 0 Å². The highest BCUT2D eigenvalue weighted by Gasteiger charge is 2.37. The molecule has 0 spiro atoms. The zero-order chi connectivity index (χ0) is 78.2. The lowest BCUT2D eigenvalue weighted by Crippen LogP contribution is -2.15. The van der Waals surface area contributed by atoms with E-state index < -0.39 is 0 Å². The lowest BCUT2D eigenvalue weighted by atomic mass is 9.81. The minimum atomic E-state index is -0.123. The van der Waals surface area contributed by atoms with Gasteiger partial charge in [-0.15, -0.1) is 0 Å². The van der Waals surface area contributed by atoms with Crippen LogP contribution < -0.4 is 0 Å². The summed E-state index contributed by atoms with van der Waals surface area (Å²) >= 11 is 0. The second kappa shape index (κ2) is 30.6. The molecule has 0 radical (unpaired) electrons. The van der Waals surface area contributed by atoms with Gasteiger partial charge in [-0.05, 0) is 146 Å². The van der Waals surface area contributed by atoms with Gasteiger partial charge in [-0.3, -0.25) is 0 Å². The van der Waals surface area contributed by atoms with Crippen molar-refractivity contribution in [3.63, 3.8) is 0 Å². The van der Waals surface area contributed by atoms with Crippen LogP contribution in [0.3, 0.4) is 0 Å². The number of aromatic nitrogens is 9. The van der Waals surface area contributed by atoms with E-state index in [9.17, 15) is 0 Å². The molecule has 0 fully saturated rings. The first-order valence-electron chi connectivity index (χ1n) is 39.5. The summed E-state index contributed by atoms with van der Waals surface area (Å²) in [4.78, 5) is 44.7. The molecule has 0 amide bonds. The standard InChI is InChI=1S/C41H27N3.C34H25N3.C33H21N3/c1-4-14-28(15-5-1)32-24-33(38-27-31-20-10-11-21-35(31)36-22-12-13-23-37(36)38)26-34(25-32)41-43-39(29-16-6-2-7-17-29)42-40(44-41)30-18-8-3-9-19-30;1-34(2)28-20-18-22-11-9-10-16-26(22)30(28)27-19-17-25(21-29(27)34)33-36-31(23-12-5-3-6-13-23)35-32(37-33)24-14-7-4-8-15-24;1-3-12-23(13-4-1)31-34-32(24-14-5-2-6-15-24)36-33(35-31)30-21-29-25-16-8-7-11-22(25)19-20-28(29)26-17-9-10-18-27(26)30/h1-27H;3-21H,1-2H3;1-21H. The van der Waals surface area contributed by atoms with E-state index in [0.29, 0.717) is 52.4 Å². The predicted molar refractivity (Wildman–Crippen MR) is 482 cm³/mol. The Kier molecular flexibility index (Phi) is 18.5. The van der Waals surface area contributed by atoms with Crippen molar-refractivity contribution in [3.8, 4) is 136 Å². The van der Waals surface area contributed by atoms with Gasteiger partial charge in [0.05, 0.1) is 0 Å². The summed E-state index contributed by atoms with van der Waals surface area (Å²) in [6, 6.07) is 141. The van der Waals surface area contributed by atoms with E-state index in [-0.39, 0.29) is 5.41 Å². The summed E-state index contributed by atoms with van der Waals surface area (Å²) in [7, 11) is 0. The van der Waals surface area contributed by atoms with Crippen LogP contribution in [0.15, 0.2) is 406 Å². The summed E-state index contributed by atoms with van der Waals surface area (Å²) in [5, 5.41) is 14.7. The Bertz CT molecular complexity index is 7140. The summed E-state index contributed by atoms with van der Waals surface area (Å²) in [5.74, 6) is 6.00. The third kappa shape index (κ3) is 13.7. The zero-order valence-electron chi connectivity index (χ0n) is 64.2. The molecule has 550 valence electrons. The van der Waals surface area contributed by atoms with Crippen molar-refractivity contribution in [1.29, 1.82) is 0 Å². The normalized spacial score (nSPS) is 11.9. The SMILES string of the molecule is CC1(C)c2cc(-c3nc(-c4ccccc4)nc(-c4ccccc4)n3)ccc2-c2c1ccc1ccccc21.c1ccc(-c2cc(-c3nc(-c4ccccc4)nc(-c4ccccc4)n3)cc(-c3cc4ccccc4c4ccccc34)c2)cc1.c1ccc(-c2nc(-c3ccccc3)nc(-c3cc4c5ccccc5ccc4c4ccccc34)n2)cc1. The molecular weight excluding hydrogens is 1420 g/mol. The molecule has 0 aliphatic heterocycles. The van der Waals surface area contributed by atoms with Crippen LogP contribution in [0.5, 0.6) is 0 Å². The number of rotatable bonds is 11. The first-order chi connectivity index (χ1) is 57.7. The molecule has 9 nitrogen and oxygen atoms in total. The van der Waals surface area contributed by atoms with E-state index in [0.717, 1.165) is 72.1 Å². The number of hydrogen-bond donors (Lipinski definition) is 0. The smallest absolute Gasteiger partial charge is 0.164 e. The van der Waals surface area contributed by atoms with Crippen molar-refractivity contribution in [2.24, 2.45) is 0 Å². The van der Waals surface area contributed by atoms with Crippen molar-refractivity contribution in [1.82, 2.24) is 44.9 Å². The molecule has 0 N–H and O–H groups in total. The lowest BCUT2D eigenvalue weighted by molar-refractivity contribution is 0.661. The third-order valence-corrected chi connectivity index (χ3v) is 22.3. The highest BCUT2D eigenvalue weighted by molar-refractivity contribution is 6.21. The molecule has 1 aliphatic rings. The Labute approximate surface area is 677 Å². The molecule has 0 unspecified atom stereocenters. The predicted octanol–water partition coefficient (Wildman–Crippen LogP) is 27.2. The van der Waals surface area contributed by atoms with Gasteiger partial charge in [-0.25, -0.2) is 44.9 Å². The van der Waals surface area contributed by atoms with Gasteiger partial charge >= 0.3 is 0 Å². The van der Waals surface area contributed by atoms with Crippen LogP contribution in [0.4, 0.5) is 0 Å². The van der Waals surface area contributed by atoms with Gasteiger partial charge in [0, 0.05) is 55.5 Å². The Morgan fingerprint density at radius 2 is 0.470 bits per heavy atom. The van der Waals surface area contributed by atoms with Gasteiger partial charge in [0.15, 0.2) is 52.4 Å². The van der Waals surface area contributed by atoms with Gasteiger partial charge in [0.2, 0.25) is 0 Å². The summed E-state index contributed by atoms with van der Waals surface area (Å²) < 4.78 is 0. The number of hydrogen-bond acceptors (Lipinski definition) is 9. The van der Waals surface area contributed by atoms with Crippen molar-refractivity contribution < 1.29 is 0 Å². The van der Waals surface area contributed by atoms with Crippen molar-refractivity contribution in [3.05, 3.63) is 418 Å². The van der Waals surface area contributed by atoms with Crippen LogP contribution in [-0.2, 0) is 5.41 Å². The van der Waals surface area contributed by atoms with Crippen molar-refractivity contribution >= 4 is 64.6 Å². The molecule has 9 heteroatoms. The van der Waals surface area contributed by atoms with E-state index in [1.165, 1.54) is 87.1 Å². The third-order valence-electron chi connectivity index (χ3n) is 22.3. The topological polar surface area (TPSA) is 116 Å². The van der Waals surface area contributed by atoms with Crippen LogP contribution in [-0.4, -0.2) is 44.9 Å². The quantitative estimate of drug-likeness (QED) is 0.117. The summed E-state index contributed by atoms with van der Waals surface area (Å²) in [6.07, 6.45) is 0. The minimum absolute atomic E-state index is 0.123. The van der Waals surface area contributed by atoms with Crippen LogP contribution >= 0.6 is 0 Å². The molecule has 0 saturated heterocycles. The largest absolute Gasteiger partial charge is 0.208 e. The van der Waals surface area contributed by atoms with Gasteiger partial charge in [0.1, 0.15) is 0 Å². The molecular formula is C108H73N9. The maximum Gasteiger partial charge on any atom is 0.164 e. The Hall–Kier alpha value is -15.5. The number of benzene rings is 18. The van der Waals surface area contributed by atoms with E-state index in [1.54, 1.807) is 0 Å². The van der Waals surface area contributed by atoms with Crippen LogP contribution in [0.25, 0.3) is 201 Å². The van der Waals surface area contributed by atoms with Gasteiger partial charge < -0.3 is 0 Å². The fourth-order valence-corrected chi connectivity index (χ4v) is 16.5. The zero-order valence-corrected chi connectivity index (χ0v) is 64.2. The van der Waals surface area contributed by atoms with E-state index in [2.05, 4.69) is 238 Å². The number of fused-ring (bicyclic) bond motifs is 13. The fraction of sp³-hybridized carbons (Fsp3) is 0.0278. The average molecular weight is 1500 g/mol. The molecule has 22 rings (SSSR count). The van der Waals surface area contributed by atoms with E-state index in [4.69, 9.17) is 44.9 Å². The highest BCUT2D eigenvalue weighted by atomic mass is 15.1.